The highest BCUT2D eigenvalue weighted by atomic mass is 16.3. The highest BCUT2D eigenvalue weighted by molar-refractivity contribution is 5.58. The molecule has 0 aromatic rings. The smallest absolute Gasteiger partial charge is 0.111 e. The maximum Gasteiger partial charge on any atom is 0.111 e. The number of aliphatic hydroxyl groups excluding tert-OH is 2. The summed E-state index contributed by atoms with van der Waals surface area (Å²) in [5.74, 6) is 0. The molecule has 3 heteroatoms. The van der Waals surface area contributed by atoms with Crippen molar-refractivity contribution in [3.8, 4) is 0 Å². The molecule has 0 aromatic heterocycles. The van der Waals surface area contributed by atoms with E-state index < -0.39 is 6.10 Å². The molecule has 0 heterocycles. The van der Waals surface area contributed by atoms with Gasteiger partial charge >= 0.3 is 0 Å². The van der Waals surface area contributed by atoms with Crippen LogP contribution in [0.5, 0.6) is 0 Å². The molecule has 0 aliphatic heterocycles. The van der Waals surface area contributed by atoms with E-state index >= 15 is 0 Å². The van der Waals surface area contributed by atoms with Crippen LogP contribution in [-0.4, -0.2) is 29.1 Å². The van der Waals surface area contributed by atoms with Crippen LogP contribution in [0.2, 0.25) is 0 Å². The molecule has 0 saturated heterocycles. The first-order valence-corrected chi connectivity index (χ1v) is 1.60. The fourth-order valence-corrected chi connectivity index (χ4v) is 0.0527. The number of hydrogen-bond acceptors (Lipinski definition) is 3. The number of nitrogens with one attached hydrogen (secondary N) is 1. The van der Waals surface area contributed by atoms with Crippen molar-refractivity contribution >= 4 is 6.21 Å². The van der Waals surface area contributed by atoms with Gasteiger partial charge in [-0.15, -0.1) is 0 Å². The molecule has 0 saturated carbocycles. The molecule has 3 nitrogen and oxygen atoms in total. The molecular weight excluding hydrogens is 82.0 g/mol. The lowest BCUT2D eigenvalue weighted by Gasteiger charge is -1.91. The van der Waals surface area contributed by atoms with Crippen LogP contribution in [0.4, 0.5) is 0 Å². The molecule has 0 aliphatic carbocycles. The van der Waals surface area contributed by atoms with Crippen molar-refractivity contribution in [2.24, 2.45) is 0 Å². The van der Waals surface area contributed by atoms with E-state index in [2.05, 4.69) is 0 Å². The molecule has 0 fully saturated rings. The molecule has 0 aromatic carbocycles. The lowest BCUT2D eigenvalue weighted by molar-refractivity contribution is 0.147. The summed E-state index contributed by atoms with van der Waals surface area (Å²) >= 11 is 0. The average Bonchev–Trinajstić information content (AvgIpc) is 1.65. The Hall–Kier alpha value is -0.410. The third kappa shape index (κ3) is 1.87. The first-order chi connectivity index (χ1) is 2.81. The van der Waals surface area contributed by atoms with E-state index in [1.807, 2.05) is 0 Å². The minimum atomic E-state index is -0.968. The maximum absolute atomic E-state index is 8.17. The number of rotatable bonds is 2. The Morgan fingerprint density at radius 2 is 2.33 bits per heavy atom. The SMILES string of the molecule is N=CC(O)CO. The van der Waals surface area contributed by atoms with E-state index in [9.17, 15) is 0 Å². The molecule has 0 aliphatic rings. The third-order valence-electron chi connectivity index (χ3n) is 0.379. The fraction of sp³-hybridized carbons (Fsp3) is 0.667. The number of hydrogen-bond donors (Lipinski definition) is 3. The van der Waals surface area contributed by atoms with Crippen molar-refractivity contribution in [1.82, 2.24) is 0 Å². The molecular formula is C3H7NO2. The van der Waals surface area contributed by atoms with Gasteiger partial charge in [-0.3, -0.25) is 0 Å². The van der Waals surface area contributed by atoms with Gasteiger partial charge in [-0.2, -0.15) is 0 Å². The zero-order valence-electron chi connectivity index (χ0n) is 3.26. The first-order valence-electron chi connectivity index (χ1n) is 1.60. The monoisotopic (exact) mass is 89.0 g/mol. The predicted molar refractivity (Wildman–Crippen MR) is 21.9 cm³/mol. The average molecular weight is 89.1 g/mol. The molecule has 0 rings (SSSR count). The zero-order valence-corrected chi connectivity index (χ0v) is 3.26. The van der Waals surface area contributed by atoms with Crippen molar-refractivity contribution in [1.29, 1.82) is 5.41 Å². The van der Waals surface area contributed by atoms with Crippen molar-refractivity contribution in [3.63, 3.8) is 0 Å². The van der Waals surface area contributed by atoms with Gasteiger partial charge in [-0.25, -0.2) is 0 Å². The lowest BCUT2D eigenvalue weighted by Crippen LogP contribution is -2.11. The van der Waals surface area contributed by atoms with Gasteiger partial charge in [0, 0.05) is 6.21 Å². The summed E-state index contributed by atoms with van der Waals surface area (Å²) in [7, 11) is 0. The Morgan fingerprint density at radius 3 is 2.33 bits per heavy atom. The second kappa shape index (κ2) is 2.81. The van der Waals surface area contributed by atoms with E-state index in [1.165, 1.54) is 0 Å². The second-order valence-corrected chi connectivity index (χ2v) is 0.917. The summed E-state index contributed by atoms with van der Waals surface area (Å²) in [6.45, 7) is -0.358. The third-order valence-corrected chi connectivity index (χ3v) is 0.379. The topological polar surface area (TPSA) is 64.3 Å². The van der Waals surface area contributed by atoms with E-state index in [1.54, 1.807) is 0 Å². The van der Waals surface area contributed by atoms with Crippen molar-refractivity contribution < 1.29 is 10.2 Å². The highest BCUT2D eigenvalue weighted by Crippen LogP contribution is 1.66. The van der Waals surface area contributed by atoms with Crippen LogP contribution in [-0.2, 0) is 0 Å². The van der Waals surface area contributed by atoms with Crippen molar-refractivity contribution in [2.75, 3.05) is 6.61 Å². The Balaban J connectivity index is 2.96. The van der Waals surface area contributed by atoms with Crippen LogP contribution in [0.1, 0.15) is 0 Å². The normalized spacial score (nSPS) is 13.7. The maximum atomic E-state index is 8.17. The van der Waals surface area contributed by atoms with Gasteiger partial charge in [0.1, 0.15) is 6.10 Å². The van der Waals surface area contributed by atoms with Gasteiger partial charge in [-0.05, 0) is 0 Å². The van der Waals surface area contributed by atoms with Crippen LogP contribution < -0.4 is 0 Å². The Labute approximate surface area is 35.7 Å². The van der Waals surface area contributed by atoms with Crippen molar-refractivity contribution in [2.45, 2.75) is 6.10 Å². The van der Waals surface area contributed by atoms with Crippen LogP contribution in [0.15, 0.2) is 0 Å². The van der Waals surface area contributed by atoms with Gasteiger partial charge in [0.2, 0.25) is 0 Å². The molecule has 1 atom stereocenters. The Morgan fingerprint density at radius 1 is 1.83 bits per heavy atom. The summed E-state index contributed by atoms with van der Waals surface area (Å²) in [5, 5.41) is 22.4. The van der Waals surface area contributed by atoms with Gasteiger partial charge in [-0.1, -0.05) is 0 Å². The standard InChI is InChI=1S/C3H7NO2/c4-1-3(6)2-5/h1,3-6H,2H2. The molecule has 36 valence electrons. The summed E-state index contributed by atoms with van der Waals surface area (Å²) in [6, 6.07) is 0. The minimum Gasteiger partial charge on any atom is -0.393 e. The number of aliphatic hydroxyl groups is 2. The van der Waals surface area contributed by atoms with Crippen LogP contribution in [0, 0.1) is 5.41 Å². The zero-order chi connectivity index (χ0) is 4.99. The van der Waals surface area contributed by atoms with Crippen LogP contribution in [0.3, 0.4) is 0 Å². The van der Waals surface area contributed by atoms with Crippen LogP contribution in [0.25, 0.3) is 0 Å². The van der Waals surface area contributed by atoms with Crippen LogP contribution >= 0.6 is 0 Å². The highest BCUT2D eigenvalue weighted by Gasteiger charge is 1.89. The largest absolute Gasteiger partial charge is 0.393 e. The second-order valence-electron chi connectivity index (χ2n) is 0.917. The summed E-state index contributed by atoms with van der Waals surface area (Å²) in [4.78, 5) is 0. The Kier molecular flexibility index (Phi) is 2.62. The molecule has 0 amide bonds. The quantitative estimate of drug-likeness (QED) is 0.379. The first kappa shape index (κ1) is 5.59. The molecule has 0 spiro atoms. The Bertz CT molecular complexity index is 46.1. The predicted octanol–water partition coefficient (Wildman–Crippen LogP) is -1.01. The van der Waals surface area contributed by atoms with E-state index in [4.69, 9.17) is 15.6 Å². The lowest BCUT2D eigenvalue weighted by atomic mass is 10.4. The van der Waals surface area contributed by atoms with Gasteiger partial charge in [0.25, 0.3) is 0 Å². The molecule has 3 N–H and O–H groups in total. The molecule has 6 heavy (non-hydrogen) atoms. The molecule has 0 bridgehead atoms. The van der Waals surface area contributed by atoms with E-state index in [-0.39, 0.29) is 6.61 Å². The fourth-order valence-electron chi connectivity index (χ4n) is 0.0527. The van der Waals surface area contributed by atoms with Gasteiger partial charge < -0.3 is 15.6 Å². The minimum absolute atomic E-state index is 0.358. The summed E-state index contributed by atoms with van der Waals surface area (Å²) < 4.78 is 0. The van der Waals surface area contributed by atoms with E-state index in [0.29, 0.717) is 0 Å². The summed E-state index contributed by atoms with van der Waals surface area (Å²) in [5.41, 5.74) is 0. The van der Waals surface area contributed by atoms with Gasteiger partial charge in [0.05, 0.1) is 6.61 Å². The summed E-state index contributed by atoms with van der Waals surface area (Å²) in [6.07, 6.45) is -0.190. The van der Waals surface area contributed by atoms with E-state index in [0.717, 1.165) is 6.21 Å². The van der Waals surface area contributed by atoms with Gasteiger partial charge in [0.15, 0.2) is 0 Å². The molecule has 1 unspecified atom stereocenters. The molecule has 0 radical (unpaired) electrons. The van der Waals surface area contributed by atoms with Crippen molar-refractivity contribution in [3.05, 3.63) is 0 Å².